The lowest BCUT2D eigenvalue weighted by Gasteiger charge is -2.32. The van der Waals surface area contributed by atoms with Crippen LogP contribution in [0, 0.1) is 0 Å². The Morgan fingerprint density at radius 3 is 3.06 bits per heavy atom. The first-order valence-electron chi connectivity index (χ1n) is 5.45. The van der Waals surface area contributed by atoms with E-state index in [1.807, 2.05) is 4.90 Å². The minimum Gasteiger partial charge on any atom is -0.336 e. The van der Waals surface area contributed by atoms with Crippen LogP contribution >= 0.6 is 11.6 Å². The van der Waals surface area contributed by atoms with E-state index in [2.05, 4.69) is 12.2 Å². The Kier molecular flexibility index (Phi) is 3.46. The minimum atomic E-state index is 0.0656. The van der Waals surface area contributed by atoms with Gasteiger partial charge >= 0.3 is 0 Å². The van der Waals surface area contributed by atoms with Gasteiger partial charge in [0.05, 0.1) is 0 Å². The average molecular weight is 239 g/mol. The van der Waals surface area contributed by atoms with Gasteiger partial charge in [-0.25, -0.2) is 0 Å². The van der Waals surface area contributed by atoms with Crippen molar-refractivity contribution in [1.29, 1.82) is 0 Å². The highest BCUT2D eigenvalue weighted by molar-refractivity contribution is 6.30. The molecule has 0 aliphatic carbocycles. The smallest absolute Gasteiger partial charge is 0.254 e. The highest BCUT2D eigenvalue weighted by Gasteiger charge is 2.21. The predicted octanol–water partition coefficient (Wildman–Crippen LogP) is 1.77. The number of carbonyl (C=O) groups excluding carboxylic acids is 1. The molecule has 1 aromatic rings. The second-order valence-corrected chi connectivity index (χ2v) is 4.55. The molecule has 0 radical (unpaired) electrons. The van der Waals surface area contributed by atoms with Gasteiger partial charge in [-0.2, -0.15) is 0 Å². The maximum atomic E-state index is 12.1. The molecule has 4 heteroatoms. The second kappa shape index (κ2) is 4.85. The summed E-state index contributed by atoms with van der Waals surface area (Å²) in [5.74, 6) is 0.0656. The molecule has 1 heterocycles. The van der Waals surface area contributed by atoms with Gasteiger partial charge in [0, 0.05) is 36.3 Å². The molecule has 3 nitrogen and oxygen atoms in total. The van der Waals surface area contributed by atoms with Crippen LogP contribution < -0.4 is 5.32 Å². The van der Waals surface area contributed by atoms with Gasteiger partial charge < -0.3 is 10.2 Å². The first-order chi connectivity index (χ1) is 7.66. The average Bonchev–Trinajstić information content (AvgIpc) is 2.28. The summed E-state index contributed by atoms with van der Waals surface area (Å²) in [6.45, 7) is 4.45. The van der Waals surface area contributed by atoms with E-state index >= 15 is 0 Å². The molecule has 1 N–H and O–H groups in total. The maximum Gasteiger partial charge on any atom is 0.254 e. The predicted molar refractivity (Wildman–Crippen MR) is 64.8 cm³/mol. The number of hydrogen-bond donors (Lipinski definition) is 1. The maximum absolute atomic E-state index is 12.1. The van der Waals surface area contributed by atoms with Crippen molar-refractivity contribution >= 4 is 17.5 Å². The van der Waals surface area contributed by atoms with Crippen molar-refractivity contribution in [2.24, 2.45) is 0 Å². The number of hydrogen-bond acceptors (Lipinski definition) is 2. The molecule has 1 aliphatic heterocycles. The van der Waals surface area contributed by atoms with E-state index in [1.165, 1.54) is 0 Å². The summed E-state index contributed by atoms with van der Waals surface area (Å²) in [5.41, 5.74) is 0.668. The summed E-state index contributed by atoms with van der Waals surface area (Å²) >= 11 is 5.87. The Balaban J connectivity index is 2.12. The first kappa shape index (κ1) is 11.4. The van der Waals surface area contributed by atoms with E-state index in [-0.39, 0.29) is 5.91 Å². The van der Waals surface area contributed by atoms with Gasteiger partial charge in [-0.05, 0) is 25.1 Å². The van der Waals surface area contributed by atoms with Crippen molar-refractivity contribution in [3.8, 4) is 0 Å². The van der Waals surface area contributed by atoms with Crippen molar-refractivity contribution in [2.45, 2.75) is 13.0 Å². The summed E-state index contributed by atoms with van der Waals surface area (Å²) in [4.78, 5) is 14.0. The second-order valence-electron chi connectivity index (χ2n) is 4.12. The quantitative estimate of drug-likeness (QED) is 0.809. The molecule has 1 atom stereocenters. The van der Waals surface area contributed by atoms with Crippen LogP contribution in [0.15, 0.2) is 24.3 Å². The largest absolute Gasteiger partial charge is 0.336 e. The number of nitrogens with zero attached hydrogens (tertiary/aromatic N) is 1. The summed E-state index contributed by atoms with van der Waals surface area (Å²) in [7, 11) is 0. The van der Waals surface area contributed by atoms with E-state index < -0.39 is 0 Å². The van der Waals surface area contributed by atoms with Crippen LogP contribution in [0.1, 0.15) is 17.3 Å². The van der Waals surface area contributed by atoms with Crippen molar-refractivity contribution < 1.29 is 4.79 Å². The van der Waals surface area contributed by atoms with E-state index in [0.29, 0.717) is 16.6 Å². The summed E-state index contributed by atoms with van der Waals surface area (Å²) in [5, 5.41) is 3.92. The van der Waals surface area contributed by atoms with E-state index in [4.69, 9.17) is 11.6 Å². The fourth-order valence-corrected chi connectivity index (χ4v) is 2.11. The van der Waals surface area contributed by atoms with Gasteiger partial charge in [-0.15, -0.1) is 0 Å². The zero-order valence-corrected chi connectivity index (χ0v) is 10.00. The highest BCUT2D eigenvalue weighted by atomic mass is 35.5. The third kappa shape index (κ3) is 2.54. The van der Waals surface area contributed by atoms with Gasteiger partial charge in [0.2, 0.25) is 0 Å². The molecule has 0 unspecified atom stereocenters. The van der Waals surface area contributed by atoms with E-state index in [9.17, 15) is 4.79 Å². The Morgan fingerprint density at radius 2 is 2.38 bits per heavy atom. The Labute approximate surface area is 100 Å². The molecule has 0 spiro atoms. The first-order valence-corrected chi connectivity index (χ1v) is 5.83. The number of rotatable bonds is 1. The standard InChI is InChI=1S/C12H15ClN2O/c1-9-8-15(6-5-14-9)12(16)10-3-2-4-11(13)7-10/h2-4,7,9,14H,5-6,8H2,1H3/t9-/m1/s1. The number of amides is 1. The topological polar surface area (TPSA) is 32.3 Å². The highest BCUT2D eigenvalue weighted by Crippen LogP contribution is 2.13. The Hall–Kier alpha value is -1.06. The molecular formula is C12H15ClN2O. The number of nitrogens with one attached hydrogen (secondary N) is 1. The molecule has 1 fully saturated rings. The molecule has 16 heavy (non-hydrogen) atoms. The third-order valence-electron chi connectivity index (χ3n) is 2.73. The van der Waals surface area contributed by atoms with Crippen LogP contribution in [0.2, 0.25) is 5.02 Å². The minimum absolute atomic E-state index is 0.0656. The molecule has 1 amide bonds. The normalized spacial score (nSPS) is 20.9. The summed E-state index contributed by atoms with van der Waals surface area (Å²) in [6, 6.07) is 7.47. The lowest BCUT2D eigenvalue weighted by atomic mass is 10.1. The van der Waals surface area contributed by atoms with Gasteiger partial charge in [-0.1, -0.05) is 17.7 Å². The molecular weight excluding hydrogens is 224 g/mol. The third-order valence-corrected chi connectivity index (χ3v) is 2.96. The van der Waals surface area contributed by atoms with Crippen molar-refractivity contribution in [2.75, 3.05) is 19.6 Å². The van der Waals surface area contributed by atoms with E-state index in [1.54, 1.807) is 24.3 Å². The number of piperazine rings is 1. The van der Waals surface area contributed by atoms with Crippen LogP contribution in [-0.2, 0) is 0 Å². The lowest BCUT2D eigenvalue weighted by Crippen LogP contribution is -2.51. The molecule has 86 valence electrons. The summed E-state index contributed by atoms with van der Waals surface area (Å²) in [6.07, 6.45) is 0. The monoisotopic (exact) mass is 238 g/mol. The van der Waals surface area contributed by atoms with Crippen LogP contribution in [0.25, 0.3) is 0 Å². The van der Waals surface area contributed by atoms with E-state index in [0.717, 1.165) is 19.6 Å². The Morgan fingerprint density at radius 1 is 1.56 bits per heavy atom. The molecule has 0 saturated carbocycles. The zero-order valence-electron chi connectivity index (χ0n) is 9.24. The Bertz CT molecular complexity index is 394. The molecule has 0 aromatic heterocycles. The number of benzene rings is 1. The number of halogens is 1. The zero-order chi connectivity index (χ0) is 11.5. The van der Waals surface area contributed by atoms with Crippen molar-refractivity contribution in [1.82, 2.24) is 10.2 Å². The van der Waals surface area contributed by atoms with Gasteiger partial charge in [0.1, 0.15) is 0 Å². The van der Waals surface area contributed by atoms with Gasteiger partial charge in [0.15, 0.2) is 0 Å². The molecule has 1 saturated heterocycles. The van der Waals surface area contributed by atoms with Crippen LogP contribution in [-0.4, -0.2) is 36.5 Å². The molecule has 2 rings (SSSR count). The van der Waals surface area contributed by atoms with Crippen LogP contribution in [0.5, 0.6) is 0 Å². The summed E-state index contributed by atoms with van der Waals surface area (Å²) < 4.78 is 0. The van der Waals surface area contributed by atoms with Crippen LogP contribution in [0.4, 0.5) is 0 Å². The number of carbonyl (C=O) groups is 1. The molecule has 1 aromatic carbocycles. The van der Waals surface area contributed by atoms with Crippen molar-refractivity contribution in [3.63, 3.8) is 0 Å². The van der Waals surface area contributed by atoms with Gasteiger partial charge in [0.25, 0.3) is 5.91 Å². The fraction of sp³-hybridized carbons (Fsp3) is 0.417. The lowest BCUT2D eigenvalue weighted by molar-refractivity contribution is 0.0709. The van der Waals surface area contributed by atoms with Gasteiger partial charge in [-0.3, -0.25) is 4.79 Å². The van der Waals surface area contributed by atoms with Crippen molar-refractivity contribution in [3.05, 3.63) is 34.9 Å². The van der Waals surface area contributed by atoms with Crippen LogP contribution in [0.3, 0.4) is 0 Å². The molecule has 0 bridgehead atoms. The molecule has 1 aliphatic rings. The fourth-order valence-electron chi connectivity index (χ4n) is 1.92. The SMILES string of the molecule is C[C@@H]1CN(C(=O)c2cccc(Cl)c2)CCN1.